The van der Waals surface area contributed by atoms with Crippen LogP contribution in [0.15, 0.2) is 36.4 Å². The molecule has 0 amide bonds. The number of nitriles is 1. The fourth-order valence-electron chi connectivity index (χ4n) is 1.81. The van der Waals surface area contributed by atoms with E-state index >= 15 is 0 Å². The van der Waals surface area contributed by atoms with Gasteiger partial charge >= 0.3 is 0 Å². The van der Waals surface area contributed by atoms with E-state index in [1.165, 1.54) is 6.07 Å². The Morgan fingerprint density at radius 2 is 2.10 bits per heavy atom. The second-order valence-electron chi connectivity index (χ2n) is 4.69. The van der Waals surface area contributed by atoms with Gasteiger partial charge in [-0.15, -0.1) is 0 Å². The number of hydrogen-bond donors (Lipinski definition) is 1. The molecule has 2 rings (SSSR count). The third-order valence-corrected chi connectivity index (χ3v) is 3.40. The minimum Gasteiger partial charge on any atom is -0.486 e. The maximum absolute atomic E-state index is 13.9. The van der Waals surface area contributed by atoms with Crippen molar-refractivity contribution in [2.45, 2.75) is 19.6 Å². The molecular formula is C16H14ClFN2O. The lowest BCUT2D eigenvalue weighted by molar-refractivity contribution is 0.290. The highest BCUT2D eigenvalue weighted by Crippen LogP contribution is 2.24. The van der Waals surface area contributed by atoms with Crippen LogP contribution in [0.25, 0.3) is 0 Å². The summed E-state index contributed by atoms with van der Waals surface area (Å²) in [6.07, 6.45) is 0. The second kappa shape index (κ2) is 6.57. The summed E-state index contributed by atoms with van der Waals surface area (Å²) in [7, 11) is 0. The molecule has 0 aliphatic heterocycles. The first-order chi connectivity index (χ1) is 10.0. The Labute approximate surface area is 127 Å². The summed E-state index contributed by atoms with van der Waals surface area (Å²) in [4.78, 5) is 0. The summed E-state index contributed by atoms with van der Waals surface area (Å²) < 4.78 is 19.3. The molecule has 2 aromatic rings. The van der Waals surface area contributed by atoms with Gasteiger partial charge in [0.15, 0.2) is 11.6 Å². The van der Waals surface area contributed by atoms with Gasteiger partial charge in [0.1, 0.15) is 6.61 Å². The molecule has 0 aromatic heterocycles. The first kappa shape index (κ1) is 15.3. The zero-order chi connectivity index (χ0) is 15.4. The molecule has 0 aliphatic carbocycles. The standard InChI is InChI=1S/C16H14ClFN2O/c1-10(20)12-4-5-16(15(18)7-12)21-9-13-3-2-11(8-19)6-14(13)17/h2-7,10H,9,20H2,1H3/t10-/m0/s1. The zero-order valence-corrected chi connectivity index (χ0v) is 12.2. The highest BCUT2D eigenvalue weighted by Gasteiger charge is 2.09. The molecule has 0 saturated carbocycles. The number of ether oxygens (including phenoxy) is 1. The first-order valence-corrected chi connectivity index (χ1v) is 6.75. The minimum atomic E-state index is -0.463. The van der Waals surface area contributed by atoms with Gasteiger partial charge < -0.3 is 10.5 Å². The molecule has 0 unspecified atom stereocenters. The van der Waals surface area contributed by atoms with Crippen molar-refractivity contribution in [3.05, 3.63) is 63.9 Å². The smallest absolute Gasteiger partial charge is 0.165 e. The number of benzene rings is 2. The van der Waals surface area contributed by atoms with Crippen LogP contribution in [-0.2, 0) is 6.61 Å². The van der Waals surface area contributed by atoms with Gasteiger partial charge in [-0.25, -0.2) is 4.39 Å². The lowest BCUT2D eigenvalue weighted by Gasteiger charge is -2.11. The van der Waals surface area contributed by atoms with E-state index in [0.29, 0.717) is 21.7 Å². The molecule has 0 spiro atoms. The van der Waals surface area contributed by atoms with Crippen LogP contribution in [0.2, 0.25) is 5.02 Å². The first-order valence-electron chi connectivity index (χ1n) is 6.37. The van der Waals surface area contributed by atoms with E-state index < -0.39 is 5.82 Å². The molecule has 0 heterocycles. The van der Waals surface area contributed by atoms with E-state index in [9.17, 15) is 4.39 Å². The quantitative estimate of drug-likeness (QED) is 0.930. The van der Waals surface area contributed by atoms with Crippen LogP contribution >= 0.6 is 11.6 Å². The largest absolute Gasteiger partial charge is 0.486 e. The Hall–Kier alpha value is -2.09. The van der Waals surface area contributed by atoms with E-state index in [1.54, 1.807) is 37.3 Å². The fourth-order valence-corrected chi connectivity index (χ4v) is 2.04. The SMILES string of the molecule is C[C@H](N)c1ccc(OCc2ccc(C#N)cc2Cl)c(F)c1. The summed E-state index contributed by atoms with van der Waals surface area (Å²) in [6.45, 7) is 1.91. The maximum atomic E-state index is 13.9. The van der Waals surface area contributed by atoms with E-state index in [1.807, 2.05) is 6.07 Å². The third kappa shape index (κ3) is 3.72. The normalized spacial score (nSPS) is 11.8. The Kier molecular flexibility index (Phi) is 4.79. The van der Waals surface area contributed by atoms with Crippen molar-refractivity contribution in [2.24, 2.45) is 5.73 Å². The van der Waals surface area contributed by atoms with Crippen LogP contribution in [0.3, 0.4) is 0 Å². The number of nitrogens with two attached hydrogens (primary N) is 1. The molecule has 21 heavy (non-hydrogen) atoms. The zero-order valence-electron chi connectivity index (χ0n) is 11.4. The topological polar surface area (TPSA) is 59.0 Å². The van der Waals surface area contributed by atoms with Crippen LogP contribution in [0.5, 0.6) is 5.75 Å². The van der Waals surface area contributed by atoms with Gasteiger partial charge in [0.05, 0.1) is 11.6 Å². The van der Waals surface area contributed by atoms with Crippen molar-refractivity contribution in [3.63, 3.8) is 0 Å². The van der Waals surface area contributed by atoms with Crippen molar-refractivity contribution in [1.29, 1.82) is 5.26 Å². The summed E-state index contributed by atoms with van der Waals surface area (Å²) in [6, 6.07) is 11.3. The highest BCUT2D eigenvalue weighted by molar-refractivity contribution is 6.31. The van der Waals surface area contributed by atoms with Gasteiger partial charge in [0.2, 0.25) is 0 Å². The van der Waals surface area contributed by atoms with Crippen molar-refractivity contribution in [3.8, 4) is 11.8 Å². The number of rotatable bonds is 4. The molecule has 108 valence electrons. The second-order valence-corrected chi connectivity index (χ2v) is 5.09. The van der Waals surface area contributed by atoms with E-state index in [0.717, 1.165) is 0 Å². The molecule has 0 saturated heterocycles. The summed E-state index contributed by atoms with van der Waals surface area (Å²) in [5.74, 6) is -0.325. The van der Waals surface area contributed by atoms with Crippen LogP contribution in [0.4, 0.5) is 4.39 Å². The molecule has 5 heteroatoms. The number of nitrogens with zero attached hydrogens (tertiary/aromatic N) is 1. The molecule has 2 N–H and O–H groups in total. The molecule has 0 fully saturated rings. The van der Waals surface area contributed by atoms with Gasteiger partial charge in [-0.2, -0.15) is 5.26 Å². The average molecular weight is 305 g/mol. The monoisotopic (exact) mass is 304 g/mol. The van der Waals surface area contributed by atoms with Crippen LogP contribution in [0.1, 0.15) is 29.7 Å². The molecule has 0 bridgehead atoms. The minimum absolute atomic E-state index is 0.124. The van der Waals surface area contributed by atoms with Crippen molar-refractivity contribution in [2.75, 3.05) is 0 Å². The van der Waals surface area contributed by atoms with Crippen LogP contribution in [0, 0.1) is 17.1 Å². The van der Waals surface area contributed by atoms with E-state index in [2.05, 4.69) is 0 Å². The van der Waals surface area contributed by atoms with E-state index in [-0.39, 0.29) is 18.4 Å². The third-order valence-electron chi connectivity index (χ3n) is 3.05. The summed E-state index contributed by atoms with van der Waals surface area (Å²) >= 11 is 6.04. The Balaban J connectivity index is 2.12. The van der Waals surface area contributed by atoms with Crippen molar-refractivity contribution < 1.29 is 9.13 Å². The summed E-state index contributed by atoms with van der Waals surface area (Å²) in [5, 5.41) is 9.19. The van der Waals surface area contributed by atoms with Gasteiger partial charge in [-0.05, 0) is 36.8 Å². The molecular weight excluding hydrogens is 291 g/mol. The number of halogens is 2. The summed E-state index contributed by atoms with van der Waals surface area (Å²) in [5.41, 5.74) is 7.55. The van der Waals surface area contributed by atoms with Crippen molar-refractivity contribution in [1.82, 2.24) is 0 Å². The van der Waals surface area contributed by atoms with Crippen molar-refractivity contribution >= 4 is 11.6 Å². The molecule has 2 aromatic carbocycles. The predicted octanol–water partition coefficient (Wildman–Crippen LogP) is 3.95. The molecule has 0 aliphatic rings. The Morgan fingerprint density at radius 1 is 1.33 bits per heavy atom. The lowest BCUT2D eigenvalue weighted by atomic mass is 10.1. The van der Waals surface area contributed by atoms with Gasteiger partial charge in [0.25, 0.3) is 0 Å². The Bertz CT molecular complexity index is 695. The molecule has 3 nitrogen and oxygen atoms in total. The van der Waals surface area contributed by atoms with E-state index in [4.69, 9.17) is 27.3 Å². The lowest BCUT2D eigenvalue weighted by Crippen LogP contribution is -2.06. The van der Waals surface area contributed by atoms with Gasteiger partial charge in [0, 0.05) is 16.6 Å². The van der Waals surface area contributed by atoms with Crippen LogP contribution < -0.4 is 10.5 Å². The fraction of sp³-hybridized carbons (Fsp3) is 0.188. The molecule has 0 radical (unpaired) electrons. The van der Waals surface area contributed by atoms with Gasteiger partial charge in [-0.3, -0.25) is 0 Å². The average Bonchev–Trinajstić information content (AvgIpc) is 2.46. The maximum Gasteiger partial charge on any atom is 0.165 e. The Morgan fingerprint density at radius 3 is 2.67 bits per heavy atom. The molecule has 1 atom stereocenters. The van der Waals surface area contributed by atoms with Crippen LogP contribution in [-0.4, -0.2) is 0 Å². The van der Waals surface area contributed by atoms with Gasteiger partial charge in [-0.1, -0.05) is 23.7 Å². The predicted molar refractivity (Wildman–Crippen MR) is 79.5 cm³/mol. The number of hydrogen-bond acceptors (Lipinski definition) is 3. The highest BCUT2D eigenvalue weighted by atomic mass is 35.5.